The quantitative estimate of drug-likeness (QED) is 0.730. The number of halogens is 1. The molecule has 0 radical (unpaired) electrons. The molecule has 2 heterocycles. The number of hydrogen-bond donors (Lipinski definition) is 1. The van der Waals surface area contributed by atoms with Crippen LogP contribution in [-0.4, -0.2) is 60.8 Å². The van der Waals surface area contributed by atoms with Crippen LogP contribution in [0.5, 0.6) is 5.75 Å². The Hall–Kier alpha value is -2.38. The van der Waals surface area contributed by atoms with E-state index in [2.05, 4.69) is 25.3 Å². The number of nitrogens with one attached hydrogen (secondary N) is 1. The fourth-order valence-electron chi connectivity index (χ4n) is 3.51. The number of rotatable bonds is 8. The highest BCUT2D eigenvalue weighted by Crippen LogP contribution is 2.28. The summed E-state index contributed by atoms with van der Waals surface area (Å²) in [5.41, 5.74) is 0.590. The Morgan fingerprint density at radius 3 is 3.04 bits per heavy atom. The molecule has 1 aromatic carbocycles. The highest BCUT2D eigenvalue weighted by atomic mass is 35.5. The number of methoxy groups -OCH3 is 1. The number of nitrogens with zero attached hydrogens (tertiary/aromatic N) is 4. The van der Waals surface area contributed by atoms with Crippen molar-refractivity contribution < 1.29 is 9.53 Å². The summed E-state index contributed by atoms with van der Waals surface area (Å²) in [4.78, 5) is 16.8. The number of amides is 1. The molecule has 7 nitrogen and oxygen atoms in total. The van der Waals surface area contributed by atoms with Crippen molar-refractivity contribution in [2.45, 2.75) is 25.3 Å². The highest BCUT2D eigenvalue weighted by Gasteiger charge is 2.26. The molecule has 0 spiro atoms. The van der Waals surface area contributed by atoms with E-state index in [4.69, 9.17) is 16.3 Å². The third-order valence-electron chi connectivity index (χ3n) is 4.91. The van der Waals surface area contributed by atoms with E-state index in [1.165, 1.54) is 0 Å². The average molecular weight is 404 g/mol. The molecule has 1 aromatic heterocycles. The van der Waals surface area contributed by atoms with Gasteiger partial charge in [0.1, 0.15) is 5.75 Å². The fourth-order valence-corrected chi connectivity index (χ4v) is 3.68. The maximum Gasteiger partial charge on any atom is 0.225 e. The molecule has 3 rings (SSSR count). The number of hydrogen-bond acceptors (Lipinski definition) is 6. The van der Waals surface area contributed by atoms with Crippen LogP contribution >= 0.6 is 11.6 Å². The summed E-state index contributed by atoms with van der Waals surface area (Å²) in [5, 5.41) is 11.7. The van der Waals surface area contributed by atoms with Crippen molar-refractivity contribution in [1.82, 2.24) is 15.1 Å². The van der Waals surface area contributed by atoms with Gasteiger partial charge in [0, 0.05) is 43.3 Å². The molecule has 28 heavy (non-hydrogen) atoms. The Morgan fingerprint density at radius 2 is 2.29 bits per heavy atom. The van der Waals surface area contributed by atoms with Crippen molar-refractivity contribution in [1.29, 1.82) is 0 Å². The van der Waals surface area contributed by atoms with Crippen molar-refractivity contribution in [3.05, 3.63) is 41.6 Å². The number of aromatic nitrogens is 2. The summed E-state index contributed by atoms with van der Waals surface area (Å²) in [6.07, 6.45) is 4.34. The third kappa shape index (κ3) is 5.33. The van der Waals surface area contributed by atoms with Gasteiger partial charge in [-0.25, -0.2) is 0 Å². The summed E-state index contributed by atoms with van der Waals surface area (Å²) < 4.78 is 5.27. The summed E-state index contributed by atoms with van der Waals surface area (Å²) in [7, 11) is 3.61. The molecule has 1 fully saturated rings. The molecule has 1 amide bonds. The van der Waals surface area contributed by atoms with Crippen LogP contribution in [0.15, 0.2) is 36.5 Å². The SMILES string of the molecule is COc1ccc(Cl)cc1NC(=O)CCN(C)CC1CCCN1c1cccnn1. The van der Waals surface area contributed by atoms with Crippen LogP contribution in [0.25, 0.3) is 0 Å². The van der Waals surface area contributed by atoms with Gasteiger partial charge in [-0.1, -0.05) is 11.6 Å². The maximum absolute atomic E-state index is 12.4. The number of ether oxygens (including phenoxy) is 1. The Bertz CT molecular complexity index is 789. The topological polar surface area (TPSA) is 70.6 Å². The number of likely N-dealkylation sites (N-methyl/N-ethyl adjacent to an activating group) is 1. The molecule has 150 valence electrons. The van der Waals surface area contributed by atoms with Gasteiger partial charge in [0.25, 0.3) is 0 Å². The highest BCUT2D eigenvalue weighted by molar-refractivity contribution is 6.31. The maximum atomic E-state index is 12.4. The molecule has 8 heteroatoms. The van der Waals surface area contributed by atoms with Crippen LogP contribution in [-0.2, 0) is 4.79 Å². The second-order valence-electron chi connectivity index (χ2n) is 6.98. The average Bonchev–Trinajstić information content (AvgIpc) is 3.15. The molecule has 1 saturated heterocycles. The zero-order valence-electron chi connectivity index (χ0n) is 16.3. The molecule has 1 aliphatic heterocycles. The second kappa shape index (κ2) is 9.71. The predicted octanol–water partition coefficient (Wildman–Crippen LogP) is 3.07. The van der Waals surface area contributed by atoms with E-state index in [-0.39, 0.29) is 5.91 Å². The van der Waals surface area contributed by atoms with Gasteiger partial charge in [-0.2, -0.15) is 5.10 Å². The molecule has 1 aliphatic rings. The molecule has 1 N–H and O–H groups in total. The van der Waals surface area contributed by atoms with Crippen LogP contribution in [0.1, 0.15) is 19.3 Å². The van der Waals surface area contributed by atoms with E-state index in [1.807, 2.05) is 19.2 Å². The minimum Gasteiger partial charge on any atom is -0.495 e. The first-order valence-electron chi connectivity index (χ1n) is 9.43. The van der Waals surface area contributed by atoms with Gasteiger partial charge < -0.3 is 19.9 Å². The lowest BCUT2D eigenvalue weighted by Crippen LogP contribution is -2.40. The summed E-state index contributed by atoms with van der Waals surface area (Å²) in [6.45, 7) is 2.54. The molecule has 0 aliphatic carbocycles. The molecule has 0 saturated carbocycles. The standard InChI is InChI=1S/C20H26ClN5O2/c1-25(14-16-5-4-11-26(16)19-6-3-10-22-24-19)12-9-20(27)23-17-13-15(21)7-8-18(17)28-2/h3,6-8,10,13,16H,4-5,9,11-12,14H2,1-2H3,(H,23,27). The molecular weight excluding hydrogens is 378 g/mol. The van der Waals surface area contributed by atoms with Crippen LogP contribution in [0.3, 0.4) is 0 Å². The van der Waals surface area contributed by atoms with E-state index in [9.17, 15) is 4.79 Å². The number of anilines is 2. The number of benzene rings is 1. The van der Waals surface area contributed by atoms with Crippen LogP contribution < -0.4 is 15.0 Å². The first-order chi connectivity index (χ1) is 13.6. The minimum absolute atomic E-state index is 0.0652. The van der Waals surface area contributed by atoms with Crippen molar-refractivity contribution in [2.75, 3.05) is 44.0 Å². The van der Waals surface area contributed by atoms with Gasteiger partial charge in [0.15, 0.2) is 5.82 Å². The van der Waals surface area contributed by atoms with Crippen molar-refractivity contribution in [3.8, 4) is 5.75 Å². The zero-order chi connectivity index (χ0) is 19.9. The Labute approximate surface area is 170 Å². The summed E-state index contributed by atoms with van der Waals surface area (Å²) in [6, 6.07) is 9.46. The van der Waals surface area contributed by atoms with E-state index in [1.54, 1.807) is 31.5 Å². The van der Waals surface area contributed by atoms with Gasteiger partial charge in [0.05, 0.1) is 12.8 Å². The normalized spacial score (nSPS) is 16.4. The summed E-state index contributed by atoms with van der Waals surface area (Å²) >= 11 is 6.01. The summed E-state index contributed by atoms with van der Waals surface area (Å²) in [5.74, 6) is 1.45. The van der Waals surface area contributed by atoms with Gasteiger partial charge >= 0.3 is 0 Å². The second-order valence-corrected chi connectivity index (χ2v) is 7.41. The van der Waals surface area contributed by atoms with Gasteiger partial charge in [-0.15, -0.1) is 5.10 Å². The monoisotopic (exact) mass is 403 g/mol. The van der Waals surface area contributed by atoms with Crippen molar-refractivity contribution in [2.24, 2.45) is 0 Å². The lowest BCUT2D eigenvalue weighted by molar-refractivity contribution is -0.116. The van der Waals surface area contributed by atoms with Gasteiger partial charge in [0.2, 0.25) is 5.91 Å². The van der Waals surface area contributed by atoms with Crippen molar-refractivity contribution in [3.63, 3.8) is 0 Å². The first kappa shape index (κ1) is 20.4. The minimum atomic E-state index is -0.0652. The Balaban J connectivity index is 1.49. The van der Waals surface area contributed by atoms with E-state index >= 15 is 0 Å². The third-order valence-corrected chi connectivity index (χ3v) is 5.14. The lowest BCUT2D eigenvalue weighted by Gasteiger charge is -2.29. The molecule has 2 aromatic rings. The Kier molecular flexibility index (Phi) is 7.06. The van der Waals surface area contributed by atoms with E-state index in [0.717, 1.165) is 31.7 Å². The van der Waals surface area contributed by atoms with E-state index < -0.39 is 0 Å². The lowest BCUT2D eigenvalue weighted by atomic mass is 10.2. The van der Waals surface area contributed by atoms with E-state index in [0.29, 0.717) is 35.5 Å². The predicted molar refractivity (Wildman–Crippen MR) is 111 cm³/mol. The van der Waals surface area contributed by atoms with Gasteiger partial charge in [-0.05, 0) is 50.2 Å². The molecule has 0 bridgehead atoms. The fraction of sp³-hybridized carbons (Fsp3) is 0.450. The smallest absolute Gasteiger partial charge is 0.225 e. The Morgan fingerprint density at radius 1 is 1.43 bits per heavy atom. The number of carbonyl (C=O) groups is 1. The largest absolute Gasteiger partial charge is 0.495 e. The molecule has 1 atom stereocenters. The molecule has 1 unspecified atom stereocenters. The number of carbonyl (C=O) groups excluding carboxylic acids is 1. The molecular formula is C20H26ClN5O2. The van der Waals surface area contributed by atoms with Crippen LogP contribution in [0.2, 0.25) is 5.02 Å². The van der Waals surface area contributed by atoms with Crippen LogP contribution in [0.4, 0.5) is 11.5 Å². The zero-order valence-corrected chi connectivity index (χ0v) is 17.0. The van der Waals surface area contributed by atoms with Crippen LogP contribution in [0, 0.1) is 0 Å². The van der Waals surface area contributed by atoms with Gasteiger partial charge in [-0.3, -0.25) is 4.79 Å². The van der Waals surface area contributed by atoms with Crippen molar-refractivity contribution >= 4 is 29.0 Å². The first-order valence-corrected chi connectivity index (χ1v) is 9.81.